The van der Waals surface area contributed by atoms with Gasteiger partial charge in [0.05, 0.1) is 19.8 Å². The Bertz CT molecular complexity index is 359. The van der Waals surface area contributed by atoms with Gasteiger partial charge in [0.25, 0.3) is 0 Å². The van der Waals surface area contributed by atoms with Gasteiger partial charge >= 0.3 is 0 Å². The van der Waals surface area contributed by atoms with Gasteiger partial charge < -0.3 is 9.47 Å². The van der Waals surface area contributed by atoms with E-state index in [9.17, 15) is 0 Å². The molecule has 3 nitrogen and oxygen atoms in total. The lowest BCUT2D eigenvalue weighted by atomic mass is 10.1. The fraction of sp³-hybridized carbons (Fsp3) is 0.538. The van der Waals surface area contributed by atoms with E-state index in [0.29, 0.717) is 6.10 Å². The maximum Gasteiger partial charge on any atom is 0.123 e. The van der Waals surface area contributed by atoms with Crippen LogP contribution in [0.15, 0.2) is 24.3 Å². The standard InChI is InChI=1S/C13H18BrNO2/c1-16-13-5-3-2-4-11(13)9-15-6-7-17-12(8-14)10-15/h2-5,12H,6-10H2,1H3. The van der Waals surface area contributed by atoms with E-state index in [0.717, 1.165) is 37.3 Å². The molecule has 0 spiro atoms. The average molecular weight is 300 g/mol. The zero-order valence-electron chi connectivity index (χ0n) is 10.1. The quantitative estimate of drug-likeness (QED) is 0.796. The highest BCUT2D eigenvalue weighted by molar-refractivity contribution is 9.09. The molecule has 1 fully saturated rings. The summed E-state index contributed by atoms with van der Waals surface area (Å²) in [5.74, 6) is 0.967. The van der Waals surface area contributed by atoms with Crippen molar-refractivity contribution in [3.05, 3.63) is 29.8 Å². The largest absolute Gasteiger partial charge is 0.496 e. The van der Waals surface area contributed by atoms with Gasteiger partial charge in [-0.3, -0.25) is 4.90 Å². The van der Waals surface area contributed by atoms with Gasteiger partial charge in [0, 0.05) is 30.5 Å². The molecule has 1 unspecified atom stereocenters. The van der Waals surface area contributed by atoms with E-state index in [1.54, 1.807) is 7.11 Å². The van der Waals surface area contributed by atoms with Crippen LogP contribution in [-0.2, 0) is 11.3 Å². The van der Waals surface area contributed by atoms with Crippen LogP contribution in [0, 0.1) is 0 Å². The summed E-state index contributed by atoms with van der Waals surface area (Å²) >= 11 is 3.48. The van der Waals surface area contributed by atoms with Gasteiger partial charge in [-0.15, -0.1) is 0 Å². The number of halogens is 1. The van der Waals surface area contributed by atoms with Crippen LogP contribution in [0.3, 0.4) is 0 Å². The molecule has 1 atom stereocenters. The Morgan fingerprint density at radius 1 is 1.47 bits per heavy atom. The smallest absolute Gasteiger partial charge is 0.123 e. The van der Waals surface area contributed by atoms with Crippen molar-refractivity contribution in [2.24, 2.45) is 0 Å². The number of nitrogens with zero attached hydrogens (tertiary/aromatic N) is 1. The first-order valence-electron chi connectivity index (χ1n) is 5.85. The predicted octanol–water partition coefficient (Wildman–Crippen LogP) is 2.29. The molecule has 94 valence electrons. The van der Waals surface area contributed by atoms with Crippen LogP contribution >= 0.6 is 15.9 Å². The molecule has 0 amide bonds. The molecule has 1 aliphatic rings. The Balaban J connectivity index is 2.00. The second-order valence-corrected chi connectivity index (χ2v) is 4.84. The van der Waals surface area contributed by atoms with Gasteiger partial charge in [-0.2, -0.15) is 0 Å². The number of methoxy groups -OCH3 is 1. The van der Waals surface area contributed by atoms with Crippen LogP contribution in [-0.4, -0.2) is 43.1 Å². The minimum Gasteiger partial charge on any atom is -0.496 e. The SMILES string of the molecule is COc1ccccc1CN1CCOC(CBr)C1. The lowest BCUT2D eigenvalue weighted by Crippen LogP contribution is -2.42. The monoisotopic (exact) mass is 299 g/mol. The highest BCUT2D eigenvalue weighted by atomic mass is 79.9. The fourth-order valence-electron chi connectivity index (χ4n) is 2.09. The number of rotatable bonds is 4. The van der Waals surface area contributed by atoms with Crippen molar-refractivity contribution in [3.8, 4) is 5.75 Å². The Morgan fingerprint density at radius 2 is 2.29 bits per heavy atom. The lowest BCUT2D eigenvalue weighted by Gasteiger charge is -2.32. The lowest BCUT2D eigenvalue weighted by molar-refractivity contribution is -0.0183. The number of para-hydroxylation sites is 1. The van der Waals surface area contributed by atoms with Gasteiger partial charge in [0.15, 0.2) is 0 Å². The summed E-state index contributed by atoms with van der Waals surface area (Å²) < 4.78 is 11.0. The summed E-state index contributed by atoms with van der Waals surface area (Å²) in [6.07, 6.45) is 0.304. The summed E-state index contributed by atoms with van der Waals surface area (Å²) in [6.45, 7) is 3.70. The van der Waals surface area contributed by atoms with E-state index < -0.39 is 0 Å². The Hall–Kier alpha value is -0.580. The van der Waals surface area contributed by atoms with Gasteiger partial charge in [0.2, 0.25) is 0 Å². The van der Waals surface area contributed by atoms with E-state index in [4.69, 9.17) is 9.47 Å². The molecule has 0 saturated carbocycles. The number of benzene rings is 1. The number of ether oxygens (including phenoxy) is 2. The maximum atomic E-state index is 5.63. The van der Waals surface area contributed by atoms with Crippen molar-refractivity contribution >= 4 is 15.9 Å². The molecule has 2 rings (SSSR count). The molecule has 17 heavy (non-hydrogen) atoms. The Kier molecular flexibility index (Phi) is 4.83. The average Bonchev–Trinajstić information content (AvgIpc) is 2.39. The third kappa shape index (κ3) is 3.44. The van der Waals surface area contributed by atoms with Crippen LogP contribution in [0.4, 0.5) is 0 Å². The highest BCUT2D eigenvalue weighted by Gasteiger charge is 2.20. The van der Waals surface area contributed by atoms with E-state index in [-0.39, 0.29) is 0 Å². The van der Waals surface area contributed by atoms with E-state index >= 15 is 0 Å². The molecule has 0 radical (unpaired) electrons. The highest BCUT2D eigenvalue weighted by Crippen LogP contribution is 2.20. The molecule has 0 bridgehead atoms. The van der Waals surface area contributed by atoms with Gasteiger partial charge in [-0.25, -0.2) is 0 Å². The van der Waals surface area contributed by atoms with Gasteiger partial charge in [0.1, 0.15) is 5.75 Å². The van der Waals surface area contributed by atoms with Gasteiger partial charge in [-0.05, 0) is 6.07 Å². The molecule has 0 aromatic heterocycles. The summed E-state index contributed by atoms with van der Waals surface area (Å²) in [5.41, 5.74) is 1.24. The zero-order valence-corrected chi connectivity index (χ0v) is 11.6. The summed E-state index contributed by atoms with van der Waals surface area (Å²) in [7, 11) is 1.72. The van der Waals surface area contributed by atoms with Crippen molar-refractivity contribution in [1.82, 2.24) is 4.90 Å². The molecular weight excluding hydrogens is 282 g/mol. The Labute approximate surface area is 111 Å². The van der Waals surface area contributed by atoms with Crippen molar-refractivity contribution in [3.63, 3.8) is 0 Å². The van der Waals surface area contributed by atoms with Crippen LogP contribution in [0.2, 0.25) is 0 Å². The fourth-order valence-corrected chi connectivity index (χ4v) is 2.48. The molecule has 1 aliphatic heterocycles. The molecule has 1 aromatic carbocycles. The first-order valence-corrected chi connectivity index (χ1v) is 6.97. The van der Waals surface area contributed by atoms with Crippen molar-refractivity contribution in [2.75, 3.05) is 32.1 Å². The molecular formula is C13H18BrNO2. The molecule has 1 aromatic rings. The predicted molar refractivity (Wildman–Crippen MR) is 71.8 cm³/mol. The third-order valence-electron chi connectivity index (χ3n) is 2.98. The number of hydrogen-bond acceptors (Lipinski definition) is 3. The minimum atomic E-state index is 0.304. The minimum absolute atomic E-state index is 0.304. The third-order valence-corrected chi connectivity index (χ3v) is 3.70. The van der Waals surface area contributed by atoms with Crippen molar-refractivity contribution < 1.29 is 9.47 Å². The first kappa shape index (κ1) is 12.9. The molecule has 1 heterocycles. The van der Waals surface area contributed by atoms with E-state index in [1.165, 1.54) is 5.56 Å². The van der Waals surface area contributed by atoms with Crippen LogP contribution in [0.5, 0.6) is 5.75 Å². The van der Waals surface area contributed by atoms with Crippen LogP contribution < -0.4 is 4.74 Å². The molecule has 0 N–H and O–H groups in total. The number of hydrogen-bond donors (Lipinski definition) is 0. The second kappa shape index (κ2) is 6.38. The molecule has 0 aliphatic carbocycles. The van der Waals surface area contributed by atoms with E-state index in [1.807, 2.05) is 12.1 Å². The maximum absolute atomic E-state index is 5.63. The van der Waals surface area contributed by atoms with E-state index in [2.05, 4.69) is 33.0 Å². The molecule has 1 saturated heterocycles. The zero-order chi connectivity index (χ0) is 12.1. The topological polar surface area (TPSA) is 21.7 Å². The Morgan fingerprint density at radius 3 is 3.06 bits per heavy atom. The number of alkyl halides is 1. The summed E-state index contributed by atoms with van der Waals surface area (Å²) in [6, 6.07) is 8.19. The molecule has 4 heteroatoms. The number of morpholine rings is 1. The van der Waals surface area contributed by atoms with Crippen molar-refractivity contribution in [1.29, 1.82) is 0 Å². The summed E-state index contributed by atoms with van der Waals surface area (Å²) in [5, 5.41) is 0.898. The summed E-state index contributed by atoms with van der Waals surface area (Å²) in [4.78, 5) is 2.41. The van der Waals surface area contributed by atoms with Crippen molar-refractivity contribution in [2.45, 2.75) is 12.6 Å². The van der Waals surface area contributed by atoms with Gasteiger partial charge in [-0.1, -0.05) is 34.1 Å². The second-order valence-electron chi connectivity index (χ2n) is 4.19. The van der Waals surface area contributed by atoms with Crippen LogP contribution in [0.1, 0.15) is 5.56 Å². The normalized spacial score (nSPS) is 21.4. The van der Waals surface area contributed by atoms with Crippen LogP contribution in [0.25, 0.3) is 0 Å². The first-order chi connectivity index (χ1) is 8.33.